The number of benzene rings is 1. The second-order valence-electron chi connectivity index (χ2n) is 4.27. The molecule has 0 fully saturated rings. The van der Waals surface area contributed by atoms with Crippen molar-refractivity contribution >= 4 is 11.6 Å². The monoisotopic (exact) mass is 282 g/mol. The second kappa shape index (κ2) is 6.14. The van der Waals surface area contributed by atoms with Gasteiger partial charge in [-0.05, 0) is 25.0 Å². The van der Waals surface area contributed by atoms with E-state index in [9.17, 15) is 4.39 Å². The summed E-state index contributed by atoms with van der Waals surface area (Å²) in [6, 6.07) is 4.76. The van der Waals surface area contributed by atoms with Gasteiger partial charge in [0.25, 0.3) is 0 Å². The minimum absolute atomic E-state index is 0.123. The van der Waals surface area contributed by atoms with Crippen molar-refractivity contribution in [2.24, 2.45) is 5.84 Å². The largest absolute Gasteiger partial charge is 0.273 e. The molecule has 0 saturated carbocycles. The third kappa shape index (κ3) is 3.12. The van der Waals surface area contributed by atoms with E-state index in [4.69, 9.17) is 17.4 Å². The molecule has 1 aromatic heterocycles. The van der Waals surface area contributed by atoms with Crippen molar-refractivity contribution in [1.29, 1.82) is 0 Å². The third-order valence-corrected chi connectivity index (χ3v) is 3.33. The Morgan fingerprint density at radius 1 is 1.53 bits per heavy atom. The summed E-state index contributed by atoms with van der Waals surface area (Å²) in [7, 11) is 0. The molecule has 0 aliphatic carbocycles. The fourth-order valence-electron chi connectivity index (χ4n) is 1.93. The lowest BCUT2D eigenvalue weighted by molar-refractivity contribution is 0.528. The van der Waals surface area contributed by atoms with Crippen molar-refractivity contribution in [3.05, 3.63) is 52.6 Å². The Hall–Kier alpha value is -1.43. The summed E-state index contributed by atoms with van der Waals surface area (Å²) in [5.41, 5.74) is 4.14. The molecule has 0 aliphatic rings. The van der Waals surface area contributed by atoms with Gasteiger partial charge in [0, 0.05) is 18.3 Å². The van der Waals surface area contributed by atoms with Crippen LogP contribution in [0.1, 0.15) is 24.1 Å². The van der Waals surface area contributed by atoms with Gasteiger partial charge in [0.15, 0.2) is 0 Å². The molecule has 2 aromatic rings. The van der Waals surface area contributed by atoms with Crippen molar-refractivity contribution in [2.75, 3.05) is 0 Å². The Balaban J connectivity index is 2.21. The van der Waals surface area contributed by atoms with Gasteiger partial charge in [-0.25, -0.2) is 4.39 Å². The maximum Gasteiger partial charge on any atom is 0.145 e. The summed E-state index contributed by atoms with van der Waals surface area (Å²) in [5.74, 6) is 5.15. The Morgan fingerprint density at radius 2 is 2.32 bits per heavy atom. The molecule has 3 N–H and O–H groups in total. The Labute approximate surface area is 116 Å². The quantitative estimate of drug-likeness (QED) is 0.654. The number of aromatic nitrogens is 2. The van der Waals surface area contributed by atoms with Gasteiger partial charge < -0.3 is 0 Å². The molecule has 4 nitrogen and oxygen atoms in total. The molecule has 1 atom stereocenters. The van der Waals surface area contributed by atoms with Crippen LogP contribution < -0.4 is 11.3 Å². The van der Waals surface area contributed by atoms with Gasteiger partial charge in [0.1, 0.15) is 5.82 Å². The molecule has 0 spiro atoms. The van der Waals surface area contributed by atoms with Crippen LogP contribution in [0, 0.1) is 5.82 Å². The van der Waals surface area contributed by atoms with Gasteiger partial charge in [-0.2, -0.15) is 5.10 Å². The molecule has 0 bridgehead atoms. The fourth-order valence-corrected chi connectivity index (χ4v) is 2.13. The van der Waals surface area contributed by atoms with Gasteiger partial charge in [-0.1, -0.05) is 23.7 Å². The van der Waals surface area contributed by atoms with Gasteiger partial charge in [-0.15, -0.1) is 0 Å². The number of halogens is 2. The highest BCUT2D eigenvalue weighted by Crippen LogP contribution is 2.23. The highest BCUT2D eigenvalue weighted by molar-refractivity contribution is 6.30. The molecular weight excluding hydrogens is 267 g/mol. The van der Waals surface area contributed by atoms with Crippen molar-refractivity contribution < 1.29 is 4.39 Å². The fraction of sp³-hybridized carbons (Fsp3) is 0.308. The second-order valence-corrected chi connectivity index (χ2v) is 4.67. The Bertz CT molecular complexity index is 555. The first-order valence-corrected chi connectivity index (χ1v) is 6.44. The van der Waals surface area contributed by atoms with Crippen LogP contribution in [0.2, 0.25) is 5.02 Å². The van der Waals surface area contributed by atoms with E-state index in [1.54, 1.807) is 23.0 Å². The molecule has 1 aromatic carbocycles. The van der Waals surface area contributed by atoms with Crippen LogP contribution in [0.25, 0.3) is 0 Å². The summed E-state index contributed by atoms with van der Waals surface area (Å²) in [5, 5.41) is 4.31. The Morgan fingerprint density at radius 3 is 2.95 bits per heavy atom. The average molecular weight is 283 g/mol. The van der Waals surface area contributed by atoms with Crippen molar-refractivity contribution in [2.45, 2.75) is 25.9 Å². The summed E-state index contributed by atoms with van der Waals surface area (Å²) >= 11 is 5.77. The van der Waals surface area contributed by atoms with E-state index >= 15 is 0 Å². The van der Waals surface area contributed by atoms with Crippen molar-refractivity contribution in [1.82, 2.24) is 15.2 Å². The first-order chi connectivity index (χ1) is 9.15. The molecule has 102 valence electrons. The number of nitrogens with one attached hydrogen (secondary N) is 1. The van der Waals surface area contributed by atoms with Crippen LogP contribution >= 0.6 is 11.6 Å². The maximum atomic E-state index is 13.9. The van der Waals surface area contributed by atoms with Gasteiger partial charge >= 0.3 is 0 Å². The molecule has 0 radical (unpaired) electrons. The number of hydrogen-bond acceptors (Lipinski definition) is 3. The molecule has 1 heterocycles. The van der Waals surface area contributed by atoms with Gasteiger partial charge in [0.2, 0.25) is 0 Å². The van der Waals surface area contributed by atoms with E-state index in [2.05, 4.69) is 10.5 Å². The van der Waals surface area contributed by atoms with E-state index in [0.29, 0.717) is 12.0 Å². The first-order valence-electron chi connectivity index (χ1n) is 6.07. The minimum atomic E-state index is -0.396. The standard InChI is InChI=1S/C13H16ClFN4/c1-2-19-8-10(7-17-19)12(18-16)6-9-4-3-5-11(14)13(9)15/h3-5,7-8,12,18H,2,6,16H2,1H3. The molecule has 6 heteroatoms. The maximum absolute atomic E-state index is 13.9. The number of hydrazine groups is 1. The van der Waals surface area contributed by atoms with Crippen molar-refractivity contribution in [3.63, 3.8) is 0 Å². The third-order valence-electron chi connectivity index (χ3n) is 3.04. The zero-order valence-corrected chi connectivity index (χ0v) is 11.4. The number of nitrogens with two attached hydrogens (primary N) is 1. The molecule has 0 amide bonds. The van der Waals surface area contributed by atoms with Crippen LogP contribution in [0.5, 0.6) is 0 Å². The number of rotatable bonds is 5. The number of nitrogens with zero attached hydrogens (tertiary/aromatic N) is 2. The molecule has 19 heavy (non-hydrogen) atoms. The van der Waals surface area contributed by atoms with E-state index < -0.39 is 5.82 Å². The van der Waals surface area contributed by atoms with Crippen LogP contribution in [0.15, 0.2) is 30.6 Å². The van der Waals surface area contributed by atoms with E-state index in [0.717, 1.165) is 12.1 Å². The summed E-state index contributed by atoms with van der Waals surface area (Å²) in [4.78, 5) is 0. The van der Waals surface area contributed by atoms with Crippen LogP contribution in [-0.2, 0) is 13.0 Å². The van der Waals surface area contributed by atoms with Crippen LogP contribution in [0.4, 0.5) is 4.39 Å². The van der Waals surface area contributed by atoms with Gasteiger partial charge in [0.05, 0.1) is 17.3 Å². The summed E-state index contributed by atoms with van der Waals surface area (Å²) < 4.78 is 15.7. The first kappa shape index (κ1) is 14.0. The van der Waals surface area contributed by atoms with Crippen molar-refractivity contribution in [3.8, 4) is 0 Å². The smallest absolute Gasteiger partial charge is 0.145 e. The van der Waals surface area contributed by atoms with E-state index in [1.807, 2.05) is 13.1 Å². The molecule has 2 rings (SSSR count). The summed E-state index contributed by atoms with van der Waals surface area (Å²) in [6.07, 6.45) is 4.04. The lowest BCUT2D eigenvalue weighted by atomic mass is 10.0. The highest BCUT2D eigenvalue weighted by Gasteiger charge is 2.16. The van der Waals surface area contributed by atoms with E-state index in [-0.39, 0.29) is 11.1 Å². The lowest BCUT2D eigenvalue weighted by Crippen LogP contribution is -2.29. The SMILES string of the molecule is CCn1cc(C(Cc2cccc(Cl)c2F)NN)cn1. The predicted molar refractivity (Wildman–Crippen MR) is 73.1 cm³/mol. The summed E-state index contributed by atoms with van der Waals surface area (Å²) in [6.45, 7) is 2.78. The molecule has 1 unspecified atom stereocenters. The lowest BCUT2D eigenvalue weighted by Gasteiger charge is -2.15. The van der Waals surface area contributed by atoms with E-state index in [1.165, 1.54) is 6.07 Å². The normalized spacial score (nSPS) is 12.6. The van der Waals surface area contributed by atoms with Crippen LogP contribution in [-0.4, -0.2) is 9.78 Å². The number of aryl methyl sites for hydroxylation is 1. The predicted octanol–water partition coefficient (Wildman–Crippen LogP) is 2.44. The Kier molecular flexibility index (Phi) is 4.52. The minimum Gasteiger partial charge on any atom is -0.273 e. The average Bonchev–Trinajstić information content (AvgIpc) is 2.89. The molecule has 0 aliphatic heterocycles. The highest BCUT2D eigenvalue weighted by atomic mass is 35.5. The number of hydrogen-bond donors (Lipinski definition) is 2. The molecule has 0 saturated heterocycles. The zero-order chi connectivity index (χ0) is 13.8. The topological polar surface area (TPSA) is 55.9 Å². The zero-order valence-electron chi connectivity index (χ0n) is 10.6. The van der Waals surface area contributed by atoms with Crippen LogP contribution in [0.3, 0.4) is 0 Å². The molecular formula is C13H16ClFN4. The van der Waals surface area contributed by atoms with Gasteiger partial charge in [-0.3, -0.25) is 16.0 Å².